The van der Waals surface area contributed by atoms with Gasteiger partial charge in [0.2, 0.25) is 12.7 Å². The van der Waals surface area contributed by atoms with Crippen LogP contribution < -0.4 is 19.5 Å². The summed E-state index contributed by atoms with van der Waals surface area (Å²) < 4.78 is 21.6. The second kappa shape index (κ2) is 8.90. The lowest BCUT2D eigenvalue weighted by molar-refractivity contribution is -0.125. The Balaban J connectivity index is 1.36. The van der Waals surface area contributed by atoms with E-state index in [0.29, 0.717) is 30.3 Å². The average Bonchev–Trinajstić information content (AvgIpc) is 3.62. The molecule has 0 saturated carbocycles. The number of methoxy groups -OCH3 is 1. The fourth-order valence-electron chi connectivity index (χ4n) is 4.45. The van der Waals surface area contributed by atoms with Crippen LogP contribution >= 0.6 is 0 Å². The van der Waals surface area contributed by atoms with Crippen LogP contribution in [0.3, 0.4) is 0 Å². The van der Waals surface area contributed by atoms with E-state index < -0.39 is 5.92 Å². The molecule has 2 amide bonds. The Labute approximate surface area is 191 Å². The van der Waals surface area contributed by atoms with Gasteiger partial charge in [-0.3, -0.25) is 9.59 Å². The summed E-state index contributed by atoms with van der Waals surface area (Å²) in [5, 5.41) is 3.03. The van der Waals surface area contributed by atoms with E-state index in [9.17, 15) is 9.59 Å². The first kappa shape index (κ1) is 20.9. The molecule has 170 valence electrons. The number of carbonyl (C=O) groups is 2. The predicted molar refractivity (Wildman–Crippen MR) is 118 cm³/mol. The maximum Gasteiger partial charge on any atom is 0.289 e. The van der Waals surface area contributed by atoms with E-state index in [2.05, 4.69) is 5.32 Å². The lowest BCUT2D eigenvalue weighted by atomic mass is 9.87. The molecule has 0 bridgehead atoms. The van der Waals surface area contributed by atoms with Crippen molar-refractivity contribution in [1.29, 1.82) is 0 Å². The Morgan fingerprint density at radius 3 is 2.73 bits per heavy atom. The molecule has 0 radical (unpaired) electrons. The van der Waals surface area contributed by atoms with E-state index in [1.165, 1.54) is 6.26 Å². The molecule has 1 saturated heterocycles. The van der Waals surface area contributed by atoms with Gasteiger partial charge in [-0.25, -0.2) is 0 Å². The summed E-state index contributed by atoms with van der Waals surface area (Å²) in [4.78, 5) is 27.9. The van der Waals surface area contributed by atoms with Crippen LogP contribution in [0.1, 0.15) is 27.6 Å². The normalized spacial score (nSPS) is 18.9. The molecule has 2 aromatic carbocycles. The van der Waals surface area contributed by atoms with Crippen molar-refractivity contribution in [1.82, 2.24) is 10.2 Å². The number of benzene rings is 2. The Bertz CT molecular complexity index is 1160. The van der Waals surface area contributed by atoms with Gasteiger partial charge in [0.1, 0.15) is 5.75 Å². The number of likely N-dealkylation sites (tertiary alicyclic amines) is 1. The summed E-state index contributed by atoms with van der Waals surface area (Å²) in [5.41, 5.74) is 1.81. The number of nitrogens with zero attached hydrogens (tertiary/aromatic N) is 1. The summed E-state index contributed by atoms with van der Waals surface area (Å²) in [7, 11) is 1.61. The molecule has 0 spiro atoms. The van der Waals surface area contributed by atoms with Gasteiger partial charge < -0.3 is 28.8 Å². The molecule has 0 aliphatic carbocycles. The van der Waals surface area contributed by atoms with Crippen molar-refractivity contribution in [3.05, 3.63) is 77.7 Å². The van der Waals surface area contributed by atoms with Crippen LogP contribution in [-0.2, 0) is 11.3 Å². The third-order valence-corrected chi connectivity index (χ3v) is 6.12. The summed E-state index contributed by atoms with van der Waals surface area (Å²) in [6.07, 6.45) is 1.47. The number of rotatable bonds is 6. The first-order valence-electron chi connectivity index (χ1n) is 10.8. The Hall–Kier alpha value is -3.94. The number of carbonyl (C=O) groups excluding carboxylic acids is 2. The second-order valence-electron chi connectivity index (χ2n) is 8.05. The molecular weight excluding hydrogens is 424 g/mol. The second-order valence-corrected chi connectivity index (χ2v) is 8.05. The number of hydrogen-bond acceptors (Lipinski definition) is 6. The Kier molecular flexibility index (Phi) is 5.64. The van der Waals surface area contributed by atoms with Gasteiger partial charge >= 0.3 is 0 Å². The summed E-state index contributed by atoms with van der Waals surface area (Å²) in [6.45, 7) is 1.22. The van der Waals surface area contributed by atoms with Gasteiger partial charge in [-0.1, -0.05) is 24.3 Å². The number of fused-ring (bicyclic) bond motifs is 1. The largest absolute Gasteiger partial charge is 0.496 e. The summed E-state index contributed by atoms with van der Waals surface area (Å²) in [5.74, 6) is 1.32. The Morgan fingerprint density at radius 2 is 1.91 bits per heavy atom. The van der Waals surface area contributed by atoms with Crippen molar-refractivity contribution in [3.8, 4) is 17.2 Å². The van der Waals surface area contributed by atoms with Gasteiger partial charge in [0, 0.05) is 25.6 Å². The van der Waals surface area contributed by atoms with Gasteiger partial charge in [0.15, 0.2) is 17.3 Å². The highest BCUT2D eigenvalue weighted by molar-refractivity contribution is 5.92. The van der Waals surface area contributed by atoms with Crippen LogP contribution in [-0.4, -0.2) is 43.7 Å². The molecule has 3 heterocycles. The number of nitrogens with one attached hydrogen (secondary N) is 1. The van der Waals surface area contributed by atoms with Gasteiger partial charge in [-0.15, -0.1) is 0 Å². The van der Waals surface area contributed by atoms with E-state index in [1.807, 2.05) is 42.5 Å². The van der Waals surface area contributed by atoms with Crippen molar-refractivity contribution < 1.29 is 28.2 Å². The maximum absolute atomic E-state index is 13.3. The first-order valence-corrected chi connectivity index (χ1v) is 10.8. The first-order chi connectivity index (χ1) is 16.1. The topological polar surface area (TPSA) is 90.2 Å². The van der Waals surface area contributed by atoms with E-state index in [-0.39, 0.29) is 36.8 Å². The number of ether oxygens (including phenoxy) is 3. The molecule has 1 N–H and O–H groups in total. The SMILES string of the molecule is COc1ccccc1[C@H]1CN(C(=O)c2ccco2)C[C@H]1C(=O)NCc1ccc2c(c1)OCO2. The number of para-hydroxylation sites is 1. The van der Waals surface area contributed by atoms with Crippen LogP contribution in [0, 0.1) is 5.92 Å². The van der Waals surface area contributed by atoms with Crippen LogP contribution in [0.15, 0.2) is 65.3 Å². The van der Waals surface area contributed by atoms with Crippen LogP contribution in [0.5, 0.6) is 17.2 Å². The minimum Gasteiger partial charge on any atom is -0.496 e. The van der Waals surface area contributed by atoms with Gasteiger partial charge in [0.05, 0.1) is 19.3 Å². The molecule has 8 nitrogen and oxygen atoms in total. The minimum atomic E-state index is -0.436. The van der Waals surface area contributed by atoms with Crippen molar-refractivity contribution in [3.63, 3.8) is 0 Å². The molecule has 2 aliphatic heterocycles. The van der Waals surface area contributed by atoms with Crippen molar-refractivity contribution in [2.45, 2.75) is 12.5 Å². The van der Waals surface area contributed by atoms with Crippen molar-refractivity contribution in [2.75, 3.05) is 27.0 Å². The molecule has 1 fully saturated rings. The monoisotopic (exact) mass is 448 g/mol. The molecular formula is C25H24N2O6. The lowest BCUT2D eigenvalue weighted by Crippen LogP contribution is -2.35. The van der Waals surface area contributed by atoms with Crippen LogP contribution in [0.2, 0.25) is 0 Å². The molecule has 0 unspecified atom stereocenters. The highest BCUT2D eigenvalue weighted by Crippen LogP contribution is 2.38. The molecule has 3 aromatic rings. The zero-order chi connectivity index (χ0) is 22.8. The van der Waals surface area contributed by atoms with E-state index >= 15 is 0 Å². The zero-order valence-electron chi connectivity index (χ0n) is 18.2. The molecule has 1 aromatic heterocycles. The fourth-order valence-corrected chi connectivity index (χ4v) is 4.45. The smallest absolute Gasteiger partial charge is 0.289 e. The summed E-state index contributed by atoms with van der Waals surface area (Å²) >= 11 is 0. The minimum absolute atomic E-state index is 0.127. The Morgan fingerprint density at radius 1 is 1.06 bits per heavy atom. The van der Waals surface area contributed by atoms with E-state index in [0.717, 1.165) is 11.1 Å². The van der Waals surface area contributed by atoms with E-state index in [4.69, 9.17) is 18.6 Å². The fraction of sp³-hybridized carbons (Fsp3) is 0.280. The third kappa shape index (κ3) is 4.11. The quantitative estimate of drug-likeness (QED) is 0.623. The highest BCUT2D eigenvalue weighted by atomic mass is 16.7. The van der Waals surface area contributed by atoms with Gasteiger partial charge in [-0.2, -0.15) is 0 Å². The van der Waals surface area contributed by atoms with Crippen molar-refractivity contribution >= 4 is 11.8 Å². The lowest BCUT2D eigenvalue weighted by Gasteiger charge is -2.20. The number of furan rings is 1. The maximum atomic E-state index is 13.3. The standard InChI is InChI=1S/C25H24N2O6/c1-30-20-6-3-2-5-17(20)18-13-27(25(29)22-7-4-10-31-22)14-19(18)24(28)26-12-16-8-9-21-23(11-16)33-15-32-21/h2-11,18-19H,12-15H2,1H3,(H,26,28)/t18-,19-/m1/s1. The van der Waals surface area contributed by atoms with E-state index in [1.54, 1.807) is 24.1 Å². The van der Waals surface area contributed by atoms with Gasteiger partial charge in [-0.05, 0) is 41.5 Å². The third-order valence-electron chi connectivity index (χ3n) is 6.12. The van der Waals surface area contributed by atoms with Crippen LogP contribution in [0.4, 0.5) is 0 Å². The number of amides is 2. The number of hydrogen-bond donors (Lipinski definition) is 1. The van der Waals surface area contributed by atoms with Gasteiger partial charge in [0.25, 0.3) is 5.91 Å². The molecule has 2 aliphatic rings. The molecule has 2 atom stereocenters. The predicted octanol–water partition coefficient (Wildman–Crippen LogP) is 3.19. The average molecular weight is 448 g/mol. The molecule has 33 heavy (non-hydrogen) atoms. The molecule has 8 heteroatoms. The highest BCUT2D eigenvalue weighted by Gasteiger charge is 2.42. The van der Waals surface area contributed by atoms with Crippen molar-refractivity contribution in [2.24, 2.45) is 5.92 Å². The summed E-state index contributed by atoms with van der Waals surface area (Å²) in [6, 6.07) is 16.5. The van der Waals surface area contributed by atoms with Crippen LogP contribution in [0.25, 0.3) is 0 Å². The molecule has 5 rings (SSSR count). The zero-order valence-corrected chi connectivity index (χ0v) is 18.2.